The van der Waals surface area contributed by atoms with Gasteiger partial charge in [-0.25, -0.2) is 9.78 Å². The third-order valence-electron chi connectivity index (χ3n) is 6.04. The lowest BCUT2D eigenvalue weighted by atomic mass is 10.1. The number of aromatic nitrogens is 3. The summed E-state index contributed by atoms with van der Waals surface area (Å²) in [5, 5.41) is 5.34. The molecule has 0 spiro atoms. The molecule has 0 saturated carbocycles. The Kier molecular flexibility index (Phi) is 6.61. The first-order valence-corrected chi connectivity index (χ1v) is 13.1. The van der Waals surface area contributed by atoms with Gasteiger partial charge in [0.1, 0.15) is 5.60 Å². The molecule has 1 aliphatic heterocycles. The summed E-state index contributed by atoms with van der Waals surface area (Å²) in [5.74, 6) is 0. The number of H-pyrrole nitrogens is 2. The molecule has 10 heteroatoms. The first-order valence-electron chi connectivity index (χ1n) is 11.9. The number of hydrogen-bond acceptors (Lipinski definition) is 6. The second-order valence-corrected chi connectivity index (χ2v) is 11.3. The predicted octanol–water partition coefficient (Wildman–Crippen LogP) is 6.02. The maximum atomic E-state index is 12.9. The van der Waals surface area contributed by atoms with Crippen molar-refractivity contribution in [3.8, 4) is 0 Å². The number of hydrogen-bond donors (Lipinski definition) is 3. The molecular formula is C26H28ClN5O3S. The number of imidazole rings is 1. The molecule has 8 nitrogen and oxygen atoms in total. The van der Waals surface area contributed by atoms with Crippen LogP contribution >= 0.6 is 23.4 Å². The van der Waals surface area contributed by atoms with Crippen LogP contribution in [-0.2, 0) is 4.74 Å². The van der Waals surface area contributed by atoms with Gasteiger partial charge in [0.05, 0.1) is 28.0 Å². The second kappa shape index (κ2) is 9.71. The summed E-state index contributed by atoms with van der Waals surface area (Å²) in [6.45, 7) is 6.80. The number of ether oxygens (including phenoxy) is 1. The Bertz CT molecular complexity index is 1490. The van der Waals surface area contributed by atoms with Crippen LogP contribution in [-0.4, -0.2) is 50.7 Å². The SMILES string of the molecule is CC(C)(C)OC(=O)N1CCC[C@@H]1CNc1ccc(Sc2nc3ccc(Cl)cc3[nH]2)c2[nH]ccc(=O)c12. The van der Waals surface area contributed by atoms with Crippen molar-refractivity contribution >= 4 is 57.1 Å². The molecule has 2 aromatic carbocycles. The Morgan fingerprint density at radius 2 is 2.11 bits per heavy atom. The highest BCUT2D eigenvalue weighted by molar-refractivity contribution is 7.99. The number of halogens is 1. The van der Waals surface area contributed by atoms with Crippen LogP contribution in [0, 0.1) is 0 Å². The van der Waals surface area contributed by atoms with E-state index in [9.17, 15) is 9.59 Å². The van der Waals surface area contributed by atoms with Gasteiger partial charge in [-0.1, -0.05) is 11.6 Å². The Hall–Kier alpha value is -3.17. The summed E-state index contributed by atoms with van der Waals surface area (Å²) in [5.41, 5.74) is 2.51. The van der Waals surface area contributed by atoms with Crippen LogP contribution in [0.2, 0.25) is 5.02 Å². The lowest BCUT2D eigenvalue weighted by Gasteiger charge is -2.29. The molecule has 0 unspecified atom stereocenters. The van der Waals surface area contributed by atoms with E-state index in [1.807, 2.05) is 45.0 Å². The van der Waals surface area contributed by atoms with Crippen molar-refractivity contribution in [2.75, 3.05) is 18.4 Å². The average Bonchev–Trinajstić information content (AvgIpc) is 3.44. The summed E-state index contributed by atoms with van der Waals surface area (Å²) < 4.78 is 5.58. The number of pyridine rings is 1. The van der Waals surface area contributed by atoms with Crippen LogP contribution in [0.5, 0.6) is 0 Å². The fourth-order valence-electron chi connectivity index (χ4n) is 4.45. The second-order valence-electron chi connectivity index (χ2n) is 9.86. The minimum absolute atomic E-state index is 0.00545. The van der Waals surface area contributed by atoms with Crippen LogP contribution in [0.15, 0.2) is 57.4 Å². The topological polar surface area (TPSA) is 103 Å². The van der Waals surface area contributed by atoms with Crippen molar-refractivity contribution in [2.24, 2.45) is 0 Å². The highest BCUT2D eigenvalue weighted by Gasteiger charge is 2.32. The van der Waals surface area contributed by atoms with Gasteiger partial charge in [-0.2, -0.15) is 0 Å². The van der Waals surface area contributed by atoms with Crippen LogP contribution in [0.25, 0.3) is 21.9 Å². The molecule has 0 bridgehead atoms. The van der Waals surface area contributed by atoms with E-state index in [1.165, 1.54) is 17.8 Å². The number of benzene rings is 2. The number of amides is 1. The van der Waals surface area contributed by atoms with Crippen molar-refractivity contribution in [1.29, 1.82) is 0 Å². The van der Waals surface area contributed by atoms with E-state index in [-0.39, 0.29) is 17.6 Å². The number of carbonyl (C=O) groups excluding carboxylic acids is 1. The summed E-state index contributed by atoms with van der Waals surface area (Å²) in [6.07, 6.45) is 3.15. The van der Waals surface area contributed by atoms with Gasteiger partial charge in [-0.05, 0) is 75.7 Å². The zero-order valence-electron chi connectivity index (χ0n) is 20.4. The highest BCUT2D eigenvalue weighted by Crippen LogP contribution is 2.34. The molecule has 1 aliphatic rings. The molecule has 0 radical (unpaired) electrons. The normalized spacial score (nSPS) is 16.1. The smallest absolute Gasteiger partial charge is 0.410 e. The van der Waals surface area contributed by atoms with Gasteiger partial charge in [-0.15, -0.1) is 0 Å². The van der Waals surface area contributed by atoms with Crippen molar-refractivity contribution < 1.29 is 9.53 Å². The standard InChI is InChI=1S/C26H28ClN5O3S/c1-26(2,3)35-25(34)32-12-4-5-16(32)14-29-18-8-9-21(23-22(18)20(33)10-11-28-23)36-24-30-17-7-6-15(27)13-19(17)31-24/h6-11,13,16,29H,4-5,12,14H2,1-3H3,(H,28,33)(H,30,31)/t16-/m1/s1. The average molecular weight is 526 g/mol. The van der Waals surface area contributed by atoms with Crippen LogP contribution in [0.4, 0.5) is 10.5 Å². The fraction of sp³-hybridized carbons (Fsp3) is 0.346. The number of fused-ring (bicyclic) bond motifs is 2. The minimum Gasteiger partial charge on any atom is -0.444 e. The van der Waals surface area contributed by atoms with Gasteiger partial charge in [0.15, 0.2) is 10.6 Å². The molecule has 36 heavy (non-hydrogen) atoms. The summed E-state index contributed by atoms with van der Waals surface area (Å²) >= 11 is 7.54. The zero-order chi connectivity index (χ0) is 25.4. The van der Waals surface area contributed by atoms with Crippen molar-refractivity contribution in [1.82, 2.24) is 19.9 Å². The molecule has 1 fully saturated rings. The van der Waals surface area contributed by atoms with Crippen LogP contribution < -0.4 is 10.7 Å². The number of rotatable bonds is 5. The van der Waals surface area contributed by atoms with Crippen molar-refractivity contribution in [3.05, 3.63) is 57.8 Å². The van der Waals surface area contributed by atoms with Gasteiger partial charge < -0.3 is 24.9 Å². The predicted molar refractivity (Wildman–Crippen MR) is 144 cm³/mol. The largest absolute Gasteiger partial charge is 0.444 e. The third kappa shape index (κ3) is 5.17. The first kappa shape index (κ1) is 24.5. The van der Waals surface area contributed by atoms with E-state index in [0.29, 0.717) is 28.7 Å². The van der Waals surface area contributed by atoms with E-state index < -0.39 is 5.60 Å². The monoisotopic (exact) mass is 525 g/mol. The van der Waals surface area contributed by atoms with Gasteiger partial charge in [0.2, 0.25) is 0 Å². The molecule has 5 rings (SSSR count). The number of carbonyl (C=O) groups is 1. The van der Waals surface area contributed by atoms with Crippen LogP contribution in [0.3, 0.4) is 0 Å². The third-order valence-corrected chi connectivity index (χ3v) is 7.22. The number of aromatic amines is 2. The van der Waals surface area contributed by atoms with E-state index in [0.717, 1.165) is 40.0 Å². The van der Waals surface area contributed by atoms with Crippen LogP contribution in [0.1, 0.15) is 33.6 Å². The minimum atomic E-state index is -0.541. The van der Waals surface area contributed by atoms with E-state index in [1.54, 1.807) is 17.2 Å². The molecule has 188 valence electrons. The summed E-state index contributed by atoms with van der Waals surface area (Å²) in [4.78, 5) is 39.4. The maximum absolute atomic E-state index is 12.9. The molecular weight excluding hydrogens is 498 g/mol. The van der Waals surface area contributed by atoms with E-state index >= 15 is 0 Å². The molecule has 3 heterocycles. The fourth-order valence-corrected chi connectivity index (χ4v) is 5.53. The van der Waals surface area contributed by atoms with Gasteiger partial charge in [-0.3, -0.25) is 4.79 Å². The molecule has 1 amide bonds. The van der Waals surface area contributed by atoms with Crippen molar-refractivity contribution in [3.63, 3.8) is 0 Å². The summed E-state index contributed by atoms with van der Waals surface area (Å²) in [7, 11) is 0. The van der Waals surface area contributed by atoms with E-state index in [4.69, 9.17) is 16.3 Å². The molecule has 1 atom stereocenters. The Balaban J connectivity index is 1.39. The number of nitrogens with zero attached hydrogens (tertiary/aromatic N) is 2. The highest BCUT2D eigenvalue weighted by atomic mass is 35.5. The Morgan fingerprint density at radius 3 is 2.92 bits per heavy atom. The molecule has 2 aromatic heterocycles. The number of anilines is 1. The number of nitrogens with one attached hydrogen (secondary N) is 3. The van der Waals surface area contributed by atoms with Gasteiger partial charge >= 0.3 is 6.09 Å². The maximum Gasteiger partial charge on any atom is 0.410 e. The molecule has 1 saturated heterocycles. The first-order chi connectivity index (χ1) is 17.2. The summed E-state index contributed by atoms with van der Waals surface area (Å²) in [6, 6.07) is 10.9. The lowest BCUT2D eigenvalue weighted by Crippen LogP contribution is -2.42. The zero-order valence-corrected chi connectivity index (χ0v) is 21.9. The Labute approximate surface area is 217 Å². The molecule has 3 N–H and O–H groups in total. The van der Waals surface area contributed by atoms with Gasteiger partial charge in [0.25, 0.3) is 0 Å². The Morgan fingerprint density at radius 1 is 1.28 bits per heavy atom. The molecule has 0 aliphatic carbocycles. The van der Waals surface area contributed by atoms with Gasteiger partial charge in [0, 0.05) is 41.0 Å². The quantitative estimate of drug-likeness (QED) is 0.294. The van der Waals surface area contributed by atoms with E-state index in [2.05, 4.69) is 20.3 Å². The molecule has 4 aromatic rings. The van der Waals surface area contributed by atoms with Crippen molar-refractivity contribution in [2.45, 2.75) is 55.3 Å². The number of likely N-dealkylation sites (tertiary alicyclic amines) is 1. The lowest BCUT2D eigenvalue weighted by molar-refractivity contribution is 0.0235.